The number of alkyl halides is 3. The van der Waals surface area contributed by atoms with Crippen LogP contribution in [0.5, 0.6) is 0 Å². The van der Waals surface area contributed by atoms with E-state index in [4.69, 9.17) is 5.11 Å². The van der Waals surface area contributed by atoms with E-state index in [1.54, 1.807) is 16.6 Å². The van der Waals surface area contributed by atoms with Gasteiger partial charge in [-0.2, -0.15) is 18.3 Å². The smallest absolute Gasteiger partial charge is 0.395 e. The van der Waals surface area contributed by atoms with Gasteiger partial charge in [0.05, 0.1) is 17.0 Å². The van der Waals surface area contributed by atoms with E-state index in [2.05, 4.69) is 15.3 Å². The standard InChI is InChI=1S/C16H18F3IN4OS/c17-16(18,19)26-13-11-2-1-3-12(24(11)22-14(13)20)21-15-4-5-23(6-7-25)9-10(15)8-15/h1-3,10,21,25H,4-9H2. The Bertz CT molecular complexity index is 830. The summed E-state index contributed by atoms with van der Waals surface area (Å²) in [7, 11) is 0. The molecule has 0 spiro atoms. The van der Waals surface area contributed by atoms with Gasteiger partial charge in [0.15, 0.2) is 0 Å². The van der Waals surface area contributed by atoms with Crippen LogP contribution in [-0.4, -0.2) is 56.9 Å². The van der Waals surface area contributed by atoms with Crippen molar-refractivity contribution in [2.75, 3.05) is 31.6 Å². The number of piperidine rings is 1. The maximum Gasteiger partial charge on any atom is 0.446 e. The normalized spacial score (nSPS) is 26.1. The van der Waals surface area contributed by atoms with E-state index in [-0.39, 0.29) is 28.8 Å². The molecule has 5 nitrogen and oxygen atoms in total. The van der Waals surface area contributed by atoms with Crippen molar-refractivity contribution in [1.82, 2.24) is 14.5 Å². The number of nitrogens with one attached hydrogen (secondary N) is 1. The molecule has 142 valence electrons. The number of anilines is 1. The average molecular weight is 498 g/mol. The molecule has 4 rings (SSSR count). The molecule has 1 aliphatic heterocycles. The highest BCUT2D eigenvalue weighted by atomic mass is 127. The van der Waals surface area contributed by atoms with Crippen LogP contribution in [0.3, 0.4) is 0 Å². The number of β-amino-alcohol motifs (C(OH)–C–C–N with tert-alkyl or cyclic N) is 1. The SMILES string of the molecule is OCCN1CCC2(Nc3cccc4c(SC(F)(F)F)c(I)nn34)CC2C1. The van der Waals surface area contributed by atoms with Gasteiger partial charge in [-0.1, -0.05) is 6.07 Å². The van der Waals surface area contributed by atoms with Crippen molar-refractivity contribution in [3.05, 3.63) is 21.9 Å². The number of aliphatic hydroxyl groups is 1. The first-order valence-corrected chi connectivity index (χ1v) is 10.3. The van der Waals surface area contributed by atoms with Gasteiger partial charge in [-0.05, 0) is 65.2 Å². The summed E-state index contributed by atoms with van der Waals surface area (Å²) in [5.41, 5.74) is -3.88. The molecule has 1 saturated heterocycles. The second-order valence-corrected chi connectivity index (χ2v) is 8.93. The van der Waals surface area contributed by atoms with Gasteiger partial charge in [0.25, 0.3) is 0 Å². The minimum atomic E-state index is -4.34. The number of hydrogen-bond acceptors (Lipinski definition) is 5. The highest BCUT2D eigenvalue weighted by Crippen LogP contribution is 2.51. The number of aromatic nitrogens is 2. The highest BCUT2D eigenvalue weighted by molar-refractivity contribution is 14.1. The lowest BCUT2D eigenvalue weighted by atomic mass is 10.0. The van der Waals surface area contributed by atoms with E-state index in [0.717, 1.165) is 31.7 Å². The maximum absolute atomic E-state index is 12.9. The lowest BCUT2D eigenvalue weighted by molar-refractivity contribution is -0.0328. The predicted octanol–water partition coefficient (Wildman–Crippen LogP) is 3.42. The Morgan fingerprint density at radius 3 is 2.92 bits per heavy atom. The predicted molar refractivity (Wildman–Crippen MR) is 102 cm³/mol. The van der Waals surface area contributed by atoms with Crippen molar-refractivity contribution < 1.29 is 18.3 Å². The molecule has 0 bridgehead atoms. The summed E-state index contributed by atoms with van der Waals surface area (Å²) in [5.74, 6) is 1.23. The van der Waals surface area contributed by atoms with Crippen molar-refractivity contribution in [3.8, 4) is 0 Å². The minimum absolute atomic E-state index is 0.00500. The van der Waals surface area contributed by atoms with Gasteiger partial charge in [0.1, 0.15) is 9.52 Å². The van der Waals surface area contributed by atoms with Crippen molar-refractivity contribution in [3.63, 3.8) is 0 Å². The van der Waals surface area contributed by atoms with Crippen molar-refractivity contribution in [2.24, 2.45) is 5.92 Å². The zero-order chi connectivity index (χ0) is 18.5. The number of thioether (sulfide) groups is 1. The zero-order valence-electron chi connectivity index (χ0n) is 13.8. The molecular weight excluding hydrogens is 480 g/mol. The van der Waals surface area contributed by atoms with Crippen LogP contribution < -0.4 is 5.32 Å². The summed E-state index contributed by atoms with van der Waals surface area (Å²) in [6.07, 6.45) is 1.99. The van der Waals surface area contributed by atoms with E-state index >= 15 is 0 Å². The van der Waals surface area contributed by atoms with Gasteiger partial charge in [0, 0.05) is 25.2 Å². The third kappa shape index (κ3) is 3.52. The van der Waals surface area contributed by atoms with E-state index in [1.165, 1.54) is 0 Å². The molecule has 0 aromatic carbocycles. The number of aliphatic hydroxyl groups excluding tert-OH is 1. The summed E-state index contributed by atoms with van der Waals surface area (Å²) in [6.45, 7) is 2.70. The Balaban J connectivity index is 1.58. The van der Waals surface area contributed by atoms with Crippen LogP contribution in [0.4, 0.5) is 19.0 Å². The van der Waals surface area contributed by atoms with Crippen LogP contribution in [0, 0.1) is 9.62 Å². The summed E-state index contributed by atoms with van der Waals surface area (Å²) in [4.78, 5) is 2.40. The van der Waals surface area contributed by atoms with Crippen LogP contribution in [0.25, 0.3) is 5.52 Å². The molecule has 1 aliphatic carbocycles. The number of likely N-dealkylation sites (tertiary alicyclic amines) is 1. The molecule has 3 heterocycles. The van der Waals surface area contributed by atoms with E-state index in [1.807, 2.05) is 28.7 Å². The second-order valence-electron chi connectivity index (χ2n) is 6.83. The molecule has 2 atom stereocenters. The number of nitrogens with zero attached hydrogens (tertiary/aromatic N) is 3. The van der Waals surface area contributed by atoms with E-state index in [9.17, 15) is 13.2 Å². The number of fused-ring (bicyclic) bond motifs is 2. The lowest BCUT2D eigenvalue weighted by Gasteiger charge is -2.32. The van der Waals surface area contributed by atoms with E-state index in [0.29, 0.717) is 21.7 Å². The third-order valence-corrected chi connectivity index (χ3v) is 7.13. The van der Waals surface area contributed by atoms with Gasteiger partial charge in [-0.25, -0.2) is 4.52 Å². The Hall–Kier alpha value is -0.720. The zero-order valence-corrected chi connectivity index (χ0v) is 16.7. The minimum Gasteiger partial charge on any atom is -0.395 e. The molecule has 2 unspecified atom stereocenters. The Kier molecular flexibility index (Phi) is 4.81. The molecule has 10 heteroatoms. The largest absolute Gasteiger partial charge is 0.446 e. The molecule has 26 heavy (non-hydrogen) atoms. The van der Waals surface area contributed by atoms with E-state index < -0.39 is 5.51 Å². The van der Waals surface area contributed by atoms with Crippen molar-refractivity contribution in [1.29, 1.82) is 0 Å². The molecule has 2 aromatic rings. The molecule has 2 aliphatic rings. The van der Waals surface area contributed by atoms with Crippen LogP contribution in [-0.2, 0) is 0 Å². The van der Waals surface area contributed by atoms with Crippen LogP contribution in [0.1, 0.15) is 12.8 Å². The fourth-order valence-electron chi connectivity index (χ4n) is 3.83. The lowest BCUT2D eigenvalue weighted by Crippen LogP contribution is -2.42. The first-order valence-electron chi connectivity index (χ1n) is 8.36. The fourth-order valence-corrected chi connectivity index (χ4v) is 5.26. The molecule has 2 aromatic heterocycles. The summed E-state index contributed by atoms with van der Waals surface area (Å²) < 4.78 is 40.5. The number of halogens is 4. The maximum atomic E-state index is 12.9. The Morgan fingerprint density at radius 1 is 1.42 bits per heavy atom. The highest BCUT2D eigenvalue weighted by Gasteiger charge is 2.56. The molecule has 2 N–H and O–H groups in total. The number of hydrogen-bond donors (Lipinski definition) is 2. The molecule has 0 amide bonds. The van der Waals surface area contributed by atoms with Crippen LogP contribution >= 0.6 is 34.4 Å². The Morgan fingerprint density at radius 2 is 2.23 bits per heavy atom. The number of pyridine rings is 1. The summed E-state index contributed by atoms with van der Waals surface area (Å²) in [6, 6.07) is 5.30. The topological polar surface area (TPSA) is 52.8 Å². The van der Waals surface area contributed by atoms with Gasteiger partial charge < -0.3 is 15.3 Å². The third-order valence-electron chi connectivity index (χ3n) is 5.17. The monoisotopic (exact) mass is 498 g/mol. The van der Waals surface area contributed by atoms with Gasteiger partial charge in [0.2, 0.25) is 0 Å². The second kappa shape index (κ2) is 6.71. The molecule has 1 saturated carbocycles. The molecule has 0 radical (unpaired) electrons. The fraction of sp³-hybridized carbons (Fsp3) is 0.562. The first-order chi connectivity index (χ1) is 12.3. The average Bonchev–Trinajstić information content (AvgIpc) is 3.18. The first kappa shape index (κ1) is 18.6. The molecular formula is C16H18F3IN4OS. The summed E-state index contributed by atoms with van der Waals surface area (Å²) in [5, 5.41) is 17.0. The van der Waals surface area contributed by atoms with Gasteiger partial charge >= 0.3 is 5.51 Å². The number of rotatable bonds is 5. The van der Waals surface area contributed by atoms with Crippen molar-refractivity contribution in [2.45, 2.75) is 28.8 Å². The molecule has 2 fully saturated rings. The Labute approximate surface area is 166 Å². The van der Waals surface area contributed by atoms with Crippen LogP contribution in [0.15, 0.2) is 23.1 Å². The van der Waals surface area contributed by atoms with Gasteiger partial charge in [-0.3, -0.25) is 0 Å². The van der Waals surface area contributed by atoms with Crippen LogP contribution in [0.2, 0.25) is 0 Å². The van der Waals surface area contributed by atoms with Gasteiger partial charge in [-0.15, -0.1) is 0 Å². The summed E-state index contributed by atoms with van der Waals surface area (Å²) >= 11 is 1.74. The quantitative estimate of drug-likeness (QED) is 0.489. The van der Waals surface area contributed by atoms with Crippen molar-refractivity contribution >= 4 is 45.7 Å².